The van der Waals surface area contributed by atoms with E-state index >= 15 is 0 Å². The molecule has 0 radical (unpaired) electrons. The molecule has 5 fully saturated rings. The van der Waals surface area contributed by atoms with Crippen molar-refractivity contribution >= 4 is 17.9 Å². The van der Waals surface area contributed by atoms with E-state index in [0.29, 0.717) is 24.4 Å². The molecule has 9 heteroatoms. The molecule has 458 valence electrons. The fourth-order valence-electron chi connectivity index (χ4n) is 12.6. The van der Waals surface area contributed by atoms with Gasteiger partial charge in [0.25, 0.3) is 0 Å². The predicted octanol–water partition coefficient (Wildman–Crippen LogP) is 19.3. The number of esters is 3. The van der Waals surface area contributed by atoms with Crippen molar-refractivity contribution in [1.82, 2.24) is 0 Å². The van der Waals surface area contributed by atoms with Gasteiger partial charge < -0.3 is 28.4 Å². The summed E-state index contributed by atoms with van der Waals surface area (Å²) in [5.41, 5.74) is 0.00892. The van der Waals surface area contributed by atoms with Crippen LogP contribution in [0, 0.1) is 85.2 Å². The van der Waals surface area contributed by atoms with Gasteiger partial charge in [-0.05, 0) is 127 Å². The van der Waals surface area contributed by atoms with Crippen molar-refractivity contribution in [2.75, 3.05) is 6.61 Å². The molecule has 0 aromatic rings. The standard InChI is InChI=1S/2C24H44O3.C21H40O3/c1-22(2,3)14-19(24(7,8)9)20(25)27-21(26-15-23(4,5)6)18-13-16-10-11-17(18)12-16;1-23(2,3)17-20(24(4,5)6)21(25)27-22(18-13-9-7-10-14-18)26-19-15-11-8-12-16-19;1-15(2)19(23-16-12-10-9-11-13-16)24-18(22)17(21(6,7)8)14-20(3,4)5/h16-19,21H,10-15H2,1-9H3;18-20,22H,7-17H2,1-6H3;15-17,19H,9-14H2,1-8H3. The lowest BCUT2D eigenvalue weighted by Gasteiger charge is -2.38. The summed E-state index contributed by atoms with van der Waals surface area (Å²) < 4.78 is 37.1. The van der Waals surface area contributed by atoms with Gasteiger partial charge in [-0.15, -0.1) is 0 Å². The van der Waals surface area contributed by atoms with Gasteiger partial charge >= 0.3 is 17.9 Å². The van der Waals surface area contributed by atoms with Gasteiger partial charge in [0.2, 0.25) is 18.9 Å². The third-order valence-corrected chi connectivity index (χ3v) is 17.3. The van der Waals surface area contributed by atoms with Gasteiger partial charge in [-0.3, -0.25) is 14.4 Å². The highest BCUT2D eigenvalue weighted by Gasteiger charge is 2.47. The number of rotatable bonds is 18. The van der Waals surface area contributed by atoms with Crippen LogP contribution < -0.4 is 0 Å². The Bertz CT molecular complexity index is 1730. The Morgan fingerprint density at radius 1 is 0.410 bits per heavy atom. The summed E-state index contributed by atoms with van der Waals surface area (Å²) in [5.74, 6) is 1.85. The maximum atomic E-state index is 13.3. The third-order valence-electron chi connectivity index (χ3n) is 17.3. The zero-order chi connectivity index (χ0) is 59.2. The third kappa shape index (κ3) is 26.7. The minimum atomic E-state index is -0.426. The largest absolute Gasteiger partial charge is 0.435 e. The minimum Gasteiger partial charge on any atom is -0.435 e. The van der Waals surface area contributed by atoms with Crippen LogP contribution in [0.1, 0.15) is 301 Å². The van der Waals surface area contributed by atoms with Crippen LogP contribution in [0.15, 0.2) is 0 Å². The summed E-state index contributed by atoms with van der Waals surface area (Å²) in [7, 11) is 0. The molecule has 2 bridgehead atoms. The van der Waals surface area contributed by atoms with E-state index < -0.39 is 6.29 Å². The second-order valence-corrected chi connectivity index (χ2v) is 34.1. The van der Waals surface area contributed by atoms with E-state index in [1.807, 2.05) is 0 Å². The molecule has 9 atom stereocenters. The van der Waals surface area contributed by atoms with Crippen molar-refractivity contribution in [3.63, 3.8) is 0 Å². The summed E-state index contributed by atoms with van der Waals surface area (Å²) >= 11 is 0. The molecule has 9 unspecified atom stereocenters. The van der Waals surface area contributed by atoms with Crippen LogP contribution in [0.5, 0.6) is 0 Å². The van der Waals surface area contributed by atoms with Crippen LogP contribution >= 0.6 is 0 Å². The van der Waals surface area contributed by atoms with Gasteiger partial charge in [-0.2, -0.15) is 0 Å². The van der Waals surface area contributed by atoms with Crippen LogP contribution in [0.2, 0.25) is 0 Å². The molecule has 0 amide bonds. The zero-order valence-corrected chi connectivity index (χ0v) is 55.4. The number of hydrogen-bond donors (Lipinski definition) is 0. The van der Waals surface area contributed by atoms with E-state index in [0.717, 1.165) is 70.1 Å². The Morgan fingerprint density at radius 2 is 0.782 bits per heavy atom. The normalized spacial score (nSPS) is 23.9. The van der Waals surface area contributed by atoms with Crippen LogP contribution in [0.4, 0.5) is 0 Å². The molecule has 0 saturated heterocycles. The van der Waals surface area contributed by atoms with Crippen molar-refractivity contribution < 1.29 is 42.8 Å². The average molecular weight is 1100 g/mol. The van der Waals surface area contributed by atoms with E-state index in [1.165, 1.54) is 77.0 Å². The number of hydrogen-bond acceptors (Lipinski definition) is 9. The van der Waals surface area contributed by atoms with Gasteiger partial charge in [-0.25, -0.2) is 0 Å². The van der Waals surface area contributed by atoms with Crippen molar-refractivity contribution in [2.24, 2.45) is 85.2 Å². The maximum Gasteiger partial charge on any atom is 0.311 e. The molecule has 5 aliphatic rings. The smallest absolute Gasteiger partial charge is 0.311 e. The molecule has 0 heterocycles. The van der Waals surface area contributed by atoms with Gasteiger partial charge in [0.1, 0.15) is 0 Å². The molecule has 5 rings (SSSR count). The molecule has 0 aromatic heterocycles. The Hall–Kier alpha value is -1.71. The molecule has 0 spiro atoms. The van der Waals surface area contributed by atoms with Crippen LogP contribution in [0.3, 0.4) is 0 Å². The number of carbonyl (C=O) groups excluding carboxylic acids is 3. The Morgan fingerprint density at radius 3 is 1.12 bits per heavy atom. The molecule has 5 aliphatic carbocycles. The Kier molecular flexibility index (Phi) is 27.3. The van der Waals surface area contributed by atoms with Gasteiger partial charge in [0.05, 0.1) is 36.6 Å². The SMILES string of the molecule is CC(C)(C)CC(C(=O)OC(OC1CCCCC1)C1CCCCC1)C(C)(C)C.CC(C)(C)COC(OC(=O)C(CC(C)(C)C)C(C)(C)C)C1CC2CCC1C2.CC(C)C(OC(=O)C(CC(C)(C)C)C(C)(C)C)OC1CCCCC1. The lowest BCUT2D eigenvalue weighted by molar-refractivity contribution is -0.218. The summed E-state index contributed by atoms with van der Waals surface area (Å²) in [4.78, 5) is 39.4. The van der Waals surface area contributed by atoms with Crippen LogP contribution in [-0.2, 0) is 42.8 Å². The first-order valence-electron chi connectivity index (χ1n) is 32.2. The van der Waals surface area contributed by atoms with Crippen molar-refractivity contribution in [1.29, 1.82) is 0 Å². The molecule has 5 saturated carbocycles. The molecule has 0 aliphatic heterocycles. The second kappa shape index (κ2) is 30.2. The lowest BCUT2D eigenvalue weighted by Crippen LogP contribution is -2.40. The van der Waals surface area contributed by atoms with E-state index in [9.17, 15) is 14.4 Å². The number of fused-ring (bicyclic) bond motifs is 2. The molecule has 0 aromatic carbocycles. The Balaban J connectivity index is 0.000000308. The number of carbonyl (C=O) groups is 3. The summed E-state index contributed by atoms with van der Waals surface area (Å²) in [6.07, 6.45) is 24.9. The second-order valence-electron chi connectivity index (χ2n) is 34.1. The first-order chi connectivity index (χ1) is 35.6. The van der Waals surface area contributed by atoms with Crippen molar-refractivity contribution in [3.05, 3.63) is 0 Å². The summed E-state index contributed by atoms with van der Waals surface area (Å²) in [6.45, 7) is 50.3. The molecule has 78 heavy (non-hydrogen) atoms. The predicted molar refractivity (Wildman–Crippen MR) is 322 cm³/mol. The highest BCUT2D eigenvalue weighted by Crippen LogP contribution is 2.51. The molecule has 9 nitrogen and oxygen atoms in total. The van der Waals surface area contributed by atoms with Gasteiger partial charge in [0.15, 0.2) is 0 Å². The van der Waals surface area contributed by atoms with Crippen LogP contribution in [-0.4, -0.2) is 55.6 Å². The quantitative estimate of drug-likeness (QED) is 0.0753. The van der Waals surface area contributed by atoms with Crippen molar-refractivity contribution in [3.8, 4) is 0 Å². The van der Waals surface area contributed by atoms with E-state index in [4.69, 9.17) is 28.4 Å². The maximum absolute atomic E-state index is 13.3. The van der Waals surface area contributed by atoms with E-state index in [-0.39, 0.29) is 104 Å². The molecular weight excluding hydrogens is 973 g/mol. The zero-order valence-electron chi connectivity index (χ0n) is 55.4. The average Bonchev–Trinajstić information content (AvgIpc) is 3.94. The van der Waals surface area contributed by atoms with Crippen molar-refractivity contribution in [2.45, 2.75) is 332 Å². The monoisotopic (exact) mass is 1100 g/mol. The van der Waals surface area contributed by atoms with Crippen LogP contribution in [0.25, 0.3) is 0 Å². The minimum absolute atomic E-state index is 0.0520. The topological polar surface area (TPSA) is 107 Å². The number of ether oxygens (including phenoxy) is 6. The summed E-state index contributed by atoms with van der Waals surface area (Å²) in [5, 5.41) is 0. The highest BCUT2D eigenvalue weighted by atomic mass is 16.7. The fraction of sp³-hybridized carbons (Fsp3) is 0.957. The molecule has 0 N–H and O–H groups in total. The van der Waals surface area contributed by atoms with Gasteiger partial charge in [0, 0.05) is 17.8 Å². The van der Waals surface area contributed by atoms with E-state index in [2.05, 4.69) is 159 Å². The molecular formula is C69H128O9. The first kappa shape index (κ1) is 70.6. The highest BCUT2D eigenvalue weighted by molar-refractivity contribution is 5.74. The Labute approximate surface area is 482 Å². The first-order valence-corrected chi connectivity index (χ1v) is 32.2. The summed E-state index contributed by atoms with van der Waals surface area (Å²) in [6, 6.07) is 0. The lowest BCUT2D eigenvalue weighted by atomic mass is 9.72. The van der Waals surface area contributed by atoms with E-state index in [1.54, 1.807) is 0 Å². The fourth-order valence-corrected chi connectivity index (χ4v) is 12.6. The van der Waals surface area contributed by atoms with Gasteiger partial charge in [-0.1, -0.05) is 223 Å².